The molecule has 98 valence electrons. The number of carbonyl (C=O) groups excluding carboxylic acids is 2. The van der Waals surface area contributed by atoms with Gasteiger partial charge < -0.3 is 10.6 Å². The van der Waals surface area contributed by atoms with Crippen LogP contribution in [0.5, 0.6) is 0 Å². The second-order valence-corrected chi connectivity index (χ2v) is 4.24. The van der Waals surface area contributed by atoms with E-state index in [1.54, 1.807) is 6.92 Å². The summed E-state index contributed by atoms with van der Waals surface area (Å²) in [7, 11) is 0. The predicted molar refractivity (Wildman–Crippen MR) is 71.1 cm³/mol. The lowest BCUT2D eigenvalue weighted by Gasteiger charge is -2.13. The van der Waals surface area contributed by atoms with Gasteiger partial charge in [0.25, 0.3) is 0 Å². The topological polar surface area (TPSA) is 58.2 Å². The lowest BCUT2D eigenvalue weighted by atomic mass is 10.1. The molecule has 0 heterocycles. The molecule has 1 rings (SSSR count). The number of rotatable bonds is 6. The first-order chi connectivity index (χ1) is 8.63. The highest BCUT2D eigenvalue weighted by Crippen LogP contribution is 1.99. The van der Waals surface area contributed by atoms with E-state index in [1.165, 1.54) is 0 Å². The van der Waals surface area contributed by atoms with Crippen molar-refractivity contribution in [2.24, 2.45) is 0 Å². The molecule has 4 heteroatoms. The van der Waals surface area contributed by atoms with Crippen molar-refractivity contribution in [1.29, 1.82) is 0 Å². The molecule has 4 nitrogen and oxygen atoms in total. The maximum absolute atomic E-state index is 11.7. The highest BCUT2D eigenvalue weighted by Gasteiger charge is 2.14. The third-order valence-corrected chi connectivity index (χ3v) is 2.53. The Kier molecular flexibility index (Phi) is 5.91. The molecule has 1 aromatic rings. The molecule has 1 aromatic carbocycles. The monoisotopic (exact) mass is 248 g/mol. The van der Waals surface area contributed by atoms with Gasteiger partial charge in [-0.05, 0) is 18.9 Å². The van der Waals surface area contributed by atoms with Crippen LogP contribution in [0.1, 0.15) is 25.8 Å². The Hall–Kier alpha value is -1.84. The Morgan fingerprint density at radius 2 is 1.89 bits per heavy atom. The summed E-state index contributed by atoms with van der Waals surface area (Å²) >= 11 is 0. The number of hydrogen-bond acceptors (Lipinski definition) is 2. The van der Waals surface area contributed by atoms with E-state index in [9.17, 15) is 9.59 Å². The van der Waals surface area contributed by atoms with E-state index in [1.807, 2.05) is 37.3 Å². The van der Waals surface area contributed by atoms with E-state index < -0.39 is 6.04 Å². The average molecular weight is 248 g/mol. The van der Waals surface area contributed by atoms with E-state index in [-0.39, 0.29) is 11.8 Å². The average Bonchev–Trinajstić information content (AvgIpc) is 2.36. The first kappa shape index (κ1) is 14.2. The third-order valence-electron chi connectivity index (χ3n) is 2.53. The van der Waals surface area contributed by atoms with E-state index in [4.69, 9.17) is 0 Å². The zero-order chi connectivity index (χ0) is 13.4. The van der Waals surface area contributed by atoms with Crippen LogP contribution in [0.25, 0.3) is 0 Å². The summed E-state index contributed by atoms with van der Waals surface area (Å²) in [5, 5.41) is 5.43. The molecule has 0 spiro atoms. The molecule has 0 aromatic heterocycles. The van der Waals surface area contributed by atoms with Crippen LogP contribution in [0.4, 0.5) is 0 Å². The fourth-order valence-corrected chi connectivity index (χ4v) is 1.54. The summed E-state index contributed by atoms with van der Waals surface area (Å²) < 4.78 is 0. The normalized spacial score (nSPS) is 11.7. The molecular weight excluding hydrogens is 228 g/mol. The molecular formula is C14H20N2O2. The number of carbonyl (C=O) groups is 2. The summed E-state index contributed by atoms with van der Waals surface area (Å²) in [6.45, 7) is 4.31. The summed E-state index contributed by atoms with van der Waals surface area (Å²) in [5.41, 5.74) is 0.941. The maximum atomic E-state index is 11.7. The van der Waals surface area contributed by atoms with Crippen LogP contribution in [0.15, 0.2) is 30.3 Å². The molecule has 0 unspecified atom stereocenters. The Labute approximate surface area is 108 Å². The molecule has 0 saturated carbocycles. The van der Waals surface area contributed by atoms with E-state index >= 15 is 0 Å². The Bertz CT molecular complexity index is 390. The van der Waals surface area contributed by atoms with Crippen LogP contribution >= 0.6 is 0 Å². The van der Waals surface area contributed by atoms with Crippen molar-refractivity contribution in [3.05, 3.63) is 35.9 Å². The van der Waals surface area contributed by atoms with Crippen molar-refractivity contribution in [3.8, 4) is 0 Å². The maximum Gasteiger partial charge on any atom is 0.242 e. The highest BCUT2D eigenvalue weighted by atomic mass is 16.2. The molecule has 2 amide bonds. The van der Waals surface area contributed by atoms with Crippen LogP contribution < -0.4 is 10.6 Å². The molecule has 0 aliphatic carbocycles. The molecule has 0 saturated heterocycles. The third kappa shape index (κ3) is 4.99. The first-order valence-corrected chi connectivity index (χ1v) is 6.24. The van der Waals surface area contributed by atoms with Crippen LogP contribution in [0, 0.1) is 0 Å². The second-order valence-electron chi connectivity index (χ2n) is 4.24. The quantitative estimate of drug-likeness (QED) is 0.796. The summed E-state index contributed by atoms with van der Waals surface area (Å²) in [4.78, 5) is 23.3. The van der Waals surface area contributed by atoms with Gasteiger partial charge in [0.05, 0.1) is 6.42 Å². The van der Waals surface area contributed by atoms with Gasteiger partial charge in [0, 0.05) is 6.54 Å². The van der Waals surface area contributed by atoms with Crippen molar-refractivity contribution < 1.29 is 9.59 Å². The largest absolute Gasteiger partial charge is 0.354 e. The molecule has 2 N–H and O–H groups in total. The van der Waals surface area contributed by atoms with Gasteiger partial charge in [-0.1, -0.05) is 37.3 Å². The van der Waals surface area contributed by atoms with Crippen molar-refractivity contribution in [3.63, 3.8) is 0 Å². The number of amides is 2. The SMILES string of the molecule is CCCNC(=O)[C@@H](C)NC(=O)Cc1ccccc1. The minimum atomic E-state index is -0.493. The second kappa shape index (κ2) is 7.48. The smallest absolute Gasteiger partial charge is 0.242 e. The van der Waals surface area contributed by atoms with E-state index in [0.29, 0.717) is 13.0 Å². The van der Waals surface area contributed by atoms with E-state index in [2.05, 4.69) is 10.6 Å². The lowest BCUT2D eigenvalue weighted by molar-refractivity contribution is -0.128. The first-order valence-electron chi connectivity index (χ1n) is 6.24. The van der Waals surface area contributed by atoms with Crippen molar-refractivity contribution >= 4 is 11.8 Å². The summed E-state index contributed by atoms with van der Waals surface area (Å²) in [6.07, 6.45) is 1.18. The lowest BCUT2D eigenvalue weighted by Crippen LogP contribution is -2.45. The van der Waals surface area contributed by atoms with Gasteiger partial charge >= 0.3 is 0 Å². The highest BCUT2D eigenvalue weighted by molar-refractivity contribution is 5.88. The van der Waals surface area contributed by atoms with Crippen LogP contribution in [0.2, 0.25) is 0 Å². The summed E-state index contributed by atoms with van der Waals surface area (Å²) in [6, 6.07) is 8.97. The zero-order valence-electron chi connectivity index (χ0n) is 10.9. The minimum Gasteiger partial charge on any atom is -0.354 e. The molecule has 18 heavy (non-hydrogen) atoms. The molecule has 0 radical (unpaired) electrons. The van der Waals surface area contributed by atoms with Gasteiger partial charge in [0.1, 0.15) is 6.04 Å². The van der Waals surface area contributed by atoms with Crippen molar-refractivity contribution in [2.75, 3.05) is 6.54 Å². The molecule has 1 atom stereocenters. The molecule has 0 fully saturated rings. The van der Waals surface area contributed by atoms with Crippen molar-refractivity contribution in [2.45, 2.75) is 32.7 Å². The van der Waals surface area contributed by atoms with Gasteiger partial charge in [-0.25, -0.2) is 0 Å². The van der Waals surface area contributed by atoms with Gasteiger partial charge in [0.15, 0.2) is 0 Å². The van der Waals surface area contributed by atoms with Crippen LogP contribution in [-0.2, 0) is 16.0 Å². The fraction of sp³-hybridized carbons (Fsp3) is 0.429. The number of benzene rings is 1. The summed E-state index contributed by atoms with van der Waals surface area (Å²) in [5.74, 6) is -0.279. The molecule has 0 bridgehead atoms. The zero-order valence-corrected chi connectivity index (χ0v) is 10.9. The number of nitrogens with one attached hydrogen (secondary N) is 2. The standard InChI is InChI=1S/C14H20N2O2/c1-3-9-15-14(18)11(2)16-13(17)10-12-7-5-4-6-8-12/h4-8,11H,3,9-10H2,1-2H3,(H,15,18)(H,16,17)/t11-/m1/s1. The Balaban J connectivity index is 2.38. The molecule has 0 aliphatic heterocycles. The predicted octanol–water partition coefficient (Wildman–Crippen LogP) is 1.26. The van der Waals surface area contributed by atoms with Gasteiger partial charge in [0.2, 0.25) is 11.8 Å². The van der Waals surface area contributed by atoms with Crippen molar-refractivity contribution in [1.82, 2.24) is 10.6 Å². The Morgan fingerprint density at radius 1 is 1.22 bits per heavy atom. The minimum absolute atomic E-state index is 0.139. The molecule has 0 aliphatic rings. The van der Waals surface area contributed by atoms with Crippen LogP contribution in [0.3, 0.4) is 0 Å². The Morgan fingerprint density at radius 3 is 2.50 bits per heavy atom. The number of hydrogen-bond donors (Lipinski definition) is 2. The van der Waals surface area contributed by atoms with Gasteiger partial charge in [-0.15, -0.1) is 0 Å². The van der Waals surface area contributed by atoms with E-state index in [0.717, 1.165) is 12.0 Å². The van der Waals surface area contributed by atoms with Gasteiger partial charge in [-0.3, -0.25) is 9.59 Å². The van der Waals surface area contributed by atoms with Gasteiger partial charge in [-0.2, -0.15) is 0 Å². The van der Waals surface area contributed by atoms with Crippen LogP contribution in [-0.4, -0.2) is 24.4 Å². The fourth-order valence-electron chi connectivity index (χ4n) is 1.54.